The Kier molecular flexibility index (Phi) is 6.79. The van der Waals surface area contributed by atoms with Crippen LogP contribution in [-0.4, -0.2) is 67.1 Å². The van der Waals surface area contributed by atoms with E-state index in [0.717, 1.165) is 45.8 Å². The lowest BCUT2D eigenvalue weighted by Crippen LogP contribution is -2.35. The van der Waals surface area contributed by atoms with E-state index in [1.165, 1.54) is 24.3 Å². The Hall–Kier alpha value is 0.190. The number of hydrogen-bond donors (Lipinski definition) is 2. The molecule has 2 rings (SSSR count). The molecule has 18 heavy (non-hydrogen) atoms. The van der Waals surface area contributed by atoms with Gasteiger partial charge < -0.3 is 20.1 Å². The summed E-state index contributed by atoms with van der Waals surface area (Å²) in [5, 5.41) is 13.2. The molecule has 0 bridgehead atoms. The van der Waals surface area contributed by atoms with Crippen molar-refractivity contribution in [2.75, 3.05) is 50.8 Å². The second-order valence-electron chi connectivity index (χ2n) is 5.22. The van der Waals surface area contributed by atoms with Crippen molar-refractivity contribution in [1.29, 1.82) is 0 Å². The Morgan fingerprint density at radius 2 is 2.00 bits per heavy atom. The first-order valence-corrected chi connectivity index (χ1v) is 8.30. The average molecular weight is 274 g/mol. The zero-order valence-electron chi connectivity index (χ0n) is 11.1. The third kappa shape index (κ3) is 5.45. The minimum absolute atomic E-state index is 0.575. The lowest BCUT2D eigenvalue weighted by molar-refractivity contribution is -0.117. The van der Waals surface area contributed by atoms with Gasteiger partial charge in [-0.2, -0.15) is 11.8 Å². The molecule has 1 atom stereocenters. The summed E-state index contributed by atoms with van der Waals surface area (Å²) in [6.45, 7) is 6.19. The smallest absolute Gasteiger partial charge is 0.155 e. The summed E-state index contributed by atoms with van der Waals surface area (Å²) in [7, 11) is 0. The van der Waals surface area contributed by atoms with Gasteiger partial charge >= 0.3 is 0 Å². The van der Waals surface area contributed by atoms with Crippen molar-refractivity contribution in [1.82, 2.24) is 10.2 Å². The van der Waals surface area contributed by atoms with Gasteiger partial charge in [-0.3, -0.25) is 0 Å². The summed E-state index contributed by atoms with van der Waals surface area (Å²) in [5.74, 6) is 3.09. The Balaban J connectivity index is 1.52. The van der Waals surface area contributed by atoms with E-state index in [2.05, 4.69) is 10.2 Å². The van der Waals surface area contributed by atoms with Gasteiger partial charge in [0, 0.05) is 37.6 Å². The van der Waals surface area contributed by atoms with Crippen LogP contribution < -0.4 is 5.32 Å². The van der Waals surface area contributed by atoms with Gasteiger partial charge in [0.1, 0.15) is 0 Å². The third-order valence-corrected chi connectivity index (χ3v) is 4.72. The molecule has 0 spiro atoms. The van der Waals surface area contributed by atoms with E-state index in [1.54, 1.807) is 0 Å². The number of aliphatic hydroxyl groups is 1. The highest BCUT2D eigenvalue weighted by Crippen LogP contribution is 2.14. The summed E-state index contributed by atoms with van der Waals surface area (Å²) in [5.41, 5.74) is 0. The maximum atomic E-state index is 9.84. The van der Waals surface area contributed by atoms with E-state index in [0.29, 0.717) is 5.92 Å². The SMILES string of the molecule is OC(CCN1CCSCC1)OCC1CCNCC1. The molecule has 2 heterocycles. The molecule has 0 amide bonds. The molecule has 2 aliphatic heterocycles. The van der Waals surface area contributed by atoms with E-state index in [-0.39, 0.29) is 0 Å². The van der Waals surface area contributed by atoms with Gasteiger partial charge in [-0.1, -0.05) is 0 Å². The van der Waals surface area contributed by atoms with Gasteiger partial charge in [-0.15, -0.1) is 0 Å². The third-order valence-electron chi connectivity index (χ3n) is 3.78. The molecule has 1 unspecified atom stereocenters. The molecule has 106 valence electrons. The van der Waals surface area contributed by atoms with E-state index < -0.39 is 6.29 Å². The number of rotatable bonds is 6. The van der Waals surface area contributed by atoms with Crippen LogP contribution in [0.4, 0.5) is 0 Å². The fourth-order valence-corrected chi connectivity index (χ4v) is 3.48. The second-order valence-corrected chi connectivity index (χ2v) is 6.45. The summed E-state index contributed by atoms with van der Waals surface area (Å²) >= 11 is 2.02. The summed E-state index contributed by atoms with van der Waals surface area (Å²) in [6.07, 6.45) is 2.52. The molecule has 0 aromatic rings. The fraction of sp³-hybridized carbons (Fsp3) is 1.00. The average Bonchev–Trinajstić information content (AvgIpc) is 2.45. The molecule has 2 N–H and O–H groups in total. The Bertz CT molecular complexity index is 197. The maximum absolute atomic E-state index is 9.84. The number of aliphatic hydroxyl groups excluding tert-OH is 1. The summed E-state index contributed by atoms with van der Waals surface area (Å²) in [4.78, 5) is 2.42. The molecule has 4 nitrogen and oxygen atoms in total. The molecule has 0 aromatic carbocycles. The molecule has 0 radical (unpaired) electrons. The van der Waals surface area contributed by atoms with Crippen LogP contribution in [-0.2, 0) is 4.74 Å². The molecule has 2 saturated heterocycles. The minimum atomic E-state index is -0.575. The highest BCUT2D eigenvalue weighted by atomic mass is 32.2. The normalized spacial score (nSPS) is 25.2. The van der Waals surface area contributed by atoms with Crippen molar-refractivity contribution in [2.24, 2.45) is 5.92 Å². The molecule has 2 fully saturated rings. The van der Waals surface area contributed by atoms with Crippen molar-refractivity contribution in [3.05, 3.63) is 0 Å². The number of nitrogens with one attached hydrogen (secondary N) is 1. The monoisotopic (exact) mass is 274 g/mol. The van der Waals surface area contributed by atoms with E-state index in [4.69, 9.17) is 4.74 Å². The van der Waals surface area contributed by atoms with Crippen LogP contribution in [0.2, 0.25) is 0 Å². The van der Waals surface area contributed by atoms with Crippen molar-refractivity contribution in [3.63, 3.8) is 0 Å². The molecule has 5 heteroatoms. The number of piperidine rings is 1. The fourth-order valence-electron chi connectivity index (χ4n) is 2.50. The standard InChI is InChI=1S/C13H26N2O2S/c16-13(3-6-15-7-9-18-10-8-15)17-11-12-1-4-14-5-2-12/h12-14,16H,1-11H2. The van der Waals surface area contributed by atoms with Gasteiger partial charge in [0.15, 0.2) is 6.29 Å². The Labute approximate surface area is 114 Å². The Morgan fingerprint density at radius 1 is 1.28 bits per heavy atom. The number of nitrogens with zero attached hydrogens (tertiary/aromatic N) is 1. The van der Waals surface area contributed by atoms with Crippen LogP contribution >= 0.6 is 11.8 Å². The quantitative estimate of drug-likeness (QED) is 0.700. The van der Waals surface area contributed by atoms with Gasteiger partial charge in [0.2, 0.25) is 0 Å². The molecule has 2 aliphatic rings. The second kappa shape index (κ2) is 8.38. The molecular formula is C13H26N2O2S. The van der Waals surface area contributed by atoms with Crippen LogP contribution in [0, 0.1) is 5.92 Å². The number of hydrogen-bond acceptors (Lipinski definition) is 5. The maximum Gasteiger partial charge on any atom is 0.155 e. The first kappa shape index (κ1) is 14.6. The van der Waals surface area contributed by atoms with E-state index in [1.807, 2.05) is 11.8 Å². The highest BCUT2D eigenvalue weighted by Gasteiger charge is 2.16. The first-order chi connectivity index (χ1) is 8.84. The van der Waals surface area contributed by atoms with Crippen molar-refractivity contribution in [2.45, 2.75) is 25.6 Å². The van der Waals surface area contributed by atoms with E-state index in [9.17, 15) is 5.11 Å². The minimum Gasteiger partial charge on any atom is -0.368 e. The largest absolute Gasteiger partial charge is 0.368 e. The van der Waals surface area contributed by atoms with Crippen LogP contribution in [0.15, 0.2) is 0 Å². The number of thioether (sulfide) groups is 1. The molecule has 0 saturated carbocycles. The first-order valence-electron chi connectivity index (χ1n) is 7.15. The zero-order valence-corrected chi connectivity index (χ0v) is 12.0. The number of ether oxygens (including phenoxy) is 1. The van der Waals surface area contributed by atoms with Gasteiger partial charge in [0.05, 0.1) is 6.61 Å². The lowest BCUT2D eigenvalue weighted by Gasteiger charge is -2.27. The van der Waals surface area contributed by atoms with Crippen molar-refractivity contribution < 1.29 is 9.84 Å². The van der Waals surface area contributed by atoms with Crippen LogP contribution in [0.3, 0.4) is 0 Å². The summed E-state index contributed by atoms with van der Waals surface area (Å²) in [6, 6.07) is 0. The van der Waals surface area contributed by atoms with Crippen LogP contribution in [0.1, 0.15) is 19.3 Å². The Morgan fingerprint density at radius 3 is 2.72 bits per heavy atom. The van der Waals surface area contributed by atoms with Crippen LogP contribution in [0.5, 0.6) is 0 Å². The summed E-state index contributed by atoms with van der Waals surface area (Å²) < 4.78 is 5.57. The lowest BCUT2D eigenvalue weighted by atomic mass is 9.99. The van der Waals surface area contributed by atoms with Gasteiger partial charge in [0.25, 0.3) is 0 Å². The van der Waals surface area contributed by atoms with Gasteiger partial charge in [-0.05, 0) is 31.8 Å². The van der Waals surface area contributed by atoms with E-state index >= 15 is 0 Å². The zero-order chi connectivity index (χ0) is 12.6. The molecule has 0 aromatic heterocycles. The molecular weight excluding hydrogens is 248 g/mol. The van der Waals surface area contributed by atoms with Crippen LogP contribution in [0.25, 0.3) is 0 Å². The topological polar surface area (TPSA) is 44.7 Å². The molecule has 0 aliphatic carbocycles. The highest BCUT2D eigenvalue weighted by molar-refractivity contribution is 7.99. The predicted molar refractivity (Wildman–Crippen MR) is 75.9 cm³/mol. The van der Waals surface area contributed by atoms with Gasteiger partial charge in [-0.25, -0.2) is 0 Å². The van der Waals surface area contributed by atoms with Crippen molar-refractivity contribution >= 4 is 11.8 Å². The van der Waals surface area contributed by atoms with Crippen molar-refractivity contribution in [3.8, 4) is 0 Å². The predicted octanol–water partition coefficient (Wildman–Crippen LogP) is 0.760.